The van der Waals surface area contributed by atoms with E-state index in [1.165, 1.54) is 19.3 Å². The normalized spacial score (nSPS) is 14.7. The van der Waals surface area contributed by atoms with E-state index in [9.17, 15) is 0 Å². The van der Waals surface area contributed by atoms with Gasteiger partial charge in [-0.25, -0.2) is 9.97 Å². The highest BCUT2D eigenvalue weighted by molar-refractivity contribution is 5.84. The Morgan fingerprint density at radius 3 is 2.34 bits per heavy atom. The lowest BCUT2D eigenvalue weighted by Crippen LogP contribution is -2.27. The first-order valence-electron chi connectivity index (χ1n) is 11.4. The van der Waals surface area contributed by atoms with E-state index in [1.54, 1.807) is 14.2 Å². The lowest BCUT2D eigenvalue weighted by molar-refractivity contribution is 0.350. The number of hydrogen-bond acceptors (Lipinski definition) is 6. The molecule has 1 saturated heterocycles. The van der Waals surface area contributed by atoms with Crippen LogP contribution in [-0.2, 0) is 0 Å². The molecule has 4 rings (SSSR count). The van der Waals surface area contributed by atoms with Gasteiger partial charge < -0.3 is 20.1 Å². The summed E-state index contributed by atoms with van der Waals surface area (Å²) in [6.07, 6.45) is 9.02. The van der Waals surface area contributed by atoms with Gasteiger partial charge in [-0.1, -0.05) is 36.4 Å². The van der Waals surface area contributed by atoms with Crippen molar-refractivity contribution in [2.24, 2.45) is 5.92 Å². The molecule has 6 nitrogen and oxygen atoms in total. The third-order valence-electron chi connectivity index (χ3n) is 5.97. The highest BCUT2D eigenvalue weighted by atomic mass is 16.5. The van der Waals surface area contributed by atoms with Crippen LogP contribution in [0.15, 0.2) is 42.5 Å². The third kappa shape index (κ3) is 5.56. The van der Waals surface area contributed by atoms with E-state index in [0.717, 1.165) is 60.1 Å². The second-order valence-corrected chi connectivity index (χ2v) is 8.16. The number of hydrogen-bond donors (Lipinski definition) is 2. The van der Waals surface area contributed by atoms with Gasteiger partial charge in [-0.15, -0.1) is 0 Å². The quantitative estimate of drug-likeness (QED) is 0.463. The van der Waals surface area contributed by atoms with Gasteiger partial charge in [0.1, 0.15) is 5.69 Å². The monoisotopic (exact) mass is 432 g/mol. The molecule has 6 heteroatoms. The van der Waals surface area contributed by atoms with Crippen LogP contribution in [0.4, 0.5) is 5.82 Å². The van der Waals surface area contributed by atoms with Crippen molar-refractivity contribution < 1.29 is 9.47 Å². The van der Waals surface area contributed by atoms with Crippen molar-refractivity contribution in [2.45, 2.75) is 25.7 Å². The first-order chi connectivity index (χ1) is 15.8. The third-order valence-corrected chi connectivity index (χ3v) is 5.97. The average Bonchev–Trinajstić information content (AvgIpc) is 2.85. The van der Waals surface area contributed by atoms with Gasteiger partial charge >= 0.3 is 0 Å². The summed E-state index contributed by atoms with van der Waals surface area (Å²) in [4.78, 5) is 9.77. The molecule has 168 valence electrons. The lowest BCUT2D eigenvalue weighted by atomic mass is 9.93. The van der Waals surface area contributed by atoms with E-state index >= 15 is 0 Å². The number of aromatic nitrogens is 2. The van der Waals surface area contributed by atoms with Crippen molar-refractivity contribution >= 4 is 29.0 Å². The van der Waals surface area contributed by atoms with Crippen LogP contribution in [0.25, 0.3) is 23.2 Å². The summed E-state index contributed by atoms with van der Waals surface area (Å²) in [6, 6.07) is 14.0. The summed E-state index contributed by atoms with van der Waals surface area (Å²) in [5.74, 6) is 2.92. The summed E-state index contributed by atoms with van der Waals surface area (Å²) < 4.78 is 10.9. The molecular formula is C26H32N4O2. The fourth-order valence-electron chi connectivity index (χ4n) is 4.15. The van der Waals surface area contributed by atoms with Crippen LogP contribution < -0.4 is 20.1 Å². The molecule has 0 spiro atoms. The van der Waals surface area contributed by atoms with Gasteiger partial charge in [0.25, 0.3) is 0 Å². The molecule has 0 amide bonds. The van der Waals surface area contributed by atoms with Crippen molar-refractivity contribution in [3.05, 3.63) is 53.7 Å². The van der Waals surface area contributed by atoms with E-state index in [4.69, 9.17) is 19.4 Å². The first-order valence-corrected chi connectivity index (χ1v) is 11.4. The Labute approximate surface area is 190 Å². The topological polar surface area (TPSA) is 68.3 Å². The fourth-order valence-corrected chi connectivity index (χ4v) is 4.15. The largest absolute Gasteiger partial charge is 0.493 e. The summed E-state index contributed by atoms with van der Waals surface area (Å²) in [7, 11) is 3.26. The van der Waals surface area contributed by atoms with Crippen LogP contribution in [0.5, 0.6) is 11.5 Å². The second-order valence-electron chi connectivity index (χ2n) is 8.16. The van der Waals surface area contributed by atoms with E-state index < -0.39 is 0 Å². The number of methoxy groups -OCH3 is 2. The van der Waals surface area contributed by atoms with Crippen molar-refractivity contribution in [1.29, 1.82) is 0 Å². The average molecular weight is 433 g/mol. The van der Waals surface area contributed by atoms with Crippen LogP contribution in [0, 0.1) is 5.92 Å². The van der Waals surface area contributed by atoms with Gasteiger partial charge in [0, 0.05) is 18.7 Å². The van der Waals surface area contributed by atoms with Crippen LogP contribution in [0.2, 0.25) is 0 Å². The van der Waals surface area contributed by atoms with E-state index in [2.05, 4.69) is 28.8 Å². The van der Waals surface area contributed by atoms with E-state index in [0.29, 0.717) is 11.5 Å². The van der Waals surface area contributed by atoms with Crippen molar-refractivity contribution in [3.8, 4) is 11.5 Å². The Morgan fingerprint density at radius 1 is 0.969 bits per heavy atom. The smallest absolute Gasteiger partial charge is 0.163 e. The Morgan fingerprint density at radius 2 is 1.66 bits per heavy atom. The standard InChI is InChI=1S/C26H32N4O2/c1-31-24-17-22-23(18-25(24)32-2)30-26(28-14-6-9-20-12-15-27-16-13-20)21(29-22)11-10-19-7-4-3-5-8-19/h3-5,7-8,10-11,17-18,20,27H,6,9,12-16H2,1-2H3,(H,28,30). The minimum Gasteiger partial charge on any atom is -0.493 e. The minimum atomic E-state index is 0.648. The number of nitrogens with one attached hydrogen (secondary N) is 2. The Hall–Kier alpha value is -3.12. The molecule has 3 aromatic rings. The molecular weight excluding hydrogens is 400 g/mol. The number of nitrogens with zero attached hydrogens (tertiary/aromatic N) is 2. The summed E-state index contributed by atoms with van der Waals surface area (Å²) in [5, 5.41) is 6.97. The minimum absolute atomic E-state index is 0.648. The maximum absolute atomic E-state index is 5.45. The van der Waals surface area contributed by atoms with Crippen molar-refractivity contribution in [2.75, 3.05) is 39.2 Å². The number of benzene rings is 2. The molecule has 2 aromatic carbocycles. The molecule has 0 atom stereocenters. The molecule has 2 heterocycles. The van der Waals surface area contributed by atoms with Gasteiger partial charge in [-0.3, -0.25) is 0 Å². The van der Waals surface area contributed by atoms with Gasteiger partial charge in [-0.2, -0.15) is 0 Å². The number of anilines is 1. The predicted octanol–water partition coefficient (Wildman–Crippen LogP) is 5.01. The molecule has 2 N–H and O–H groups in total. The fraction of sp³-hybridized carbons (Fsp3) is 0.385. The molecule has 0 aliphatic carbocycles. The molecule has 1 aromatic heterocycles. The summed E-state index contributed by atoms with van der Waals surface area (Å²) in [6.45, 7) is 3.17. The van der Waals surface area contributed by atoms with E-state index in [-0.39, 0.29) is 0 Å². The predicted molar refractivity (Wildman–Crippen MR) is 131 cm³/mol. The van der Waals surface area contributed by atoms with Gasteiger partial charge in [0.2, 0.25) is 0 Å². The maximum atomic E-state index is 5.45. The highest BCUT2D eigenvalue weighted by Crippen LogP contribution is 2.32. The second kappa shape index (κ2) is 11.0. The van der Waals surface area contributed by atoms with Gasteiger partial charge in [0.15, 0.2) is 17.3 Å². The maximum Gasteiger partial charge on any atom is 0.163 e. The lowest BCUT2D eigenvalue weighted by Gasteiger charge is -2.22. The molecule has 0 saturated carbocycles. The highest BCUT2D eigenvalue weighted by Gasteiger charge is 2.14. The first kappa shape index (κ1) is 22.1. The Bertz CT molecular complexity index is 1050. The zero-order chi connectivity index (χ0) is 22.2. The van der Waals surface area contributed by atoms with Crippen molar-refractivity contribution in [3.63, 3.8) is 0 Å². The zero-order valence-corrected chi connectivity index (χ0v) is 18.9. The molecule has 1 aliphatic heterocycles. The molecule has 1 aliphatic rings. The van der Waals surface area contributed by atoms with Crippen LogP contribution in [0.3, 0.4) is 0 Å². The zero-order valence-electron chi connectivity index (χ0n) is 18.9. The van der Waals surface area contributed by atoms with Gasteiger partial charge in [-0.05, 0) is 56.3 Å². The summed E-state index contributed by atoms with van der Waals surface area (Å²) >= 11 is 0. The van der Waals surface area contributed by atoms with Crippen LogP contribution >= 0.6 is 0 Å². The molecule has 0 radical (unpaired) electrons. The number of rotatable bonds is 9. The van der Waals surface area contributed by atoms with E-state index in [1.807, 2.05) is 36.4 Å². The Kier molecular flexibility index (Phi) is 7.56. The van der Waals surface area contributed by atoms with Gasteiger partial charge in [0.05, 0.1) is 25.3 Å². The number of piperidine rings is 1. The van der Waals surface area contributed by atoms with Crippen LogP contribution in [-0.4, -0.2) is 43.8 Å². The SMILES string of the molecule is COc1cc2nc(C=Cc3ccccc3)c(NCCCC3CCNCC3)nc2cc1OC. The number of fused-ring (bicyclic) bond motifs is 1. The molecule has 0 bridgehead atoms. The van der Waals surface area contributed by atoms with Crippen LogP contribution in [0.1, 0.15) is 36.9 Å². The molecule has 0 unspecified atom stereocenters. The Balaban J connectivity index is 1.57. The molecule has 1 fully saturated rings. The summed E-state index contributed by atoms with van der Waals surface area (Å²) in [5.41, 5.74) is 3.49. The number of ether oxygens (including phenoxy) is 2. The molecule has 32 heavy (non-hydrogen) atoms. The van der Waals surface area contributed by atoms with Crippen molar-refractivity contribution in [1.82, 2.24) is 15.3 Å².